The van der Waals surface area contributed by atoms with E-state index in [0.29, 0.717) is 0 Å². The standard InChI is InChI=1S/C22H24N4O4/c27-21(23-24-22(28)18-6-5-7-20(16-18)26(29)30)13-10-17-8-11-19(12-9-17)25-14-3-1-2-4-15-25/h5-13,16H,1-4,14-15H2,(H,23,27)(H,24,28)/b13-10+. The summed E-state index contributed by atoms with van der Waals surface area (Å²) in [5.41, 5.74) is 6.44. The molecule has 1 fully saturated rings. The van der Waals surface area contributed by atoms with E-state index in [0.717, 1.165) is 24.7 Å². The zero-order valence-electron chi connectivity index (χ0n) is 16.5. The van der Waals surface area contributed by atoms with Crippen LogP contribution in [-0.4, -0.2) is 29.8 Å². The number of carbonyl (C=O) groups excluding carboxylic acids is 2. The minimum atomic E-state index is -0.637. The Morgan fingerprint density at radius 1 is 0.967 bits per heavy atom. The summed E-state index contributed by atoms with van der Waals surface area (Å²) in [6, 6.07) is 13.3. The summed E-state index contributed by atoms with van der Waals surface area (Å²) in [6.45, 7) is 2.14. The second kappa shape index (κ2) is 10.2. The number of anilines is 1. The highest BCUT2D eigenvalue weighted by atomic mass is 16.6. The number of nitro benzene ring substituents is 1. The molecular weight excluding hydrogens is 384 g/mol. The Balaban J connectivity index is 1.51. The van der Waals surface area contributed by atoms with E-state index in [1.807, 2.05) is 24.3 Å². The molecule has 0 spiro atoms. The summed E-state index contributed by atoms with van der Waals surface area (Å²) in [5, 5.41) is 10.8. The Hall–Kier alpha value is -3.68. The molecular formula is C22H24N4O4. The van der Waals surface area contributed by atoms with Crippen LogP contribution < -0.4 is 15.8 Å². The minimum absolute atomic E-state index is 0.0811. The number of amides is 2. The van der Waals surface area contributed by atoms with Crippen molar-refractivity contribution in [2.24, 2.45) is 0 Å². The highest BCUT2D eigenvalue weighted by Gasteiger charge is 2.12. The fourth-order valence-corrected chi connectivity index (χ4v) is 3.29. The number of nitrogens with zero attached hydrogens (tertiary/aromatic N) is 2. The first-order valence-electron chi connectivity index (χ1n) is 9.91. The molecule has 2 amide bonds. The van der Waals surface area contributed by atoms with E-state index in [2.05, 4.69) is 15.8 Å². The fraction of sp³-hybridized carbons (Fsp3) is 0.273. The molecule has 0 aromatic heterocycles. The van der Waals surface area contributed by atoms with Crippen LogP contribution in [-0.2, 0) is 4.79 Å². The molecule has 1 heterocycles. The summed E-state index contributed by atoms with van der Waals surface area (Å²) in [4.78, 5) is 36.6. The number of hydrazine groups is 1. The number of benzene rings is 2. The van der Waals surface area contributed by atoms with Gasteiger partial charge in [0.15, 0.2) is 0 Å². The van der Waals surface area contributed by atoms with E-state index in [4.69, 9.17) is 0 Å². The van der Waals surface area contributed by atoms with E-state index in [9.17, 15) is 19.7 Å². The Morgan fingerprint density at radius 3 is 2.33 bits per heavy atom. The van der Waals surface area contributed by atoms with Crippen LogP contribution in [0.2, 0.25) is 0 Å². The first kappa shape index (κ1) is 21.0. The summed E-state index contributed by atoms with van der Waals surface area (Å²) in [7, 11) is 0. The van der Waals surface area contributed by atoms with Crippen LogP contribution >= 0.6 is 0 Å². The van der Waals surface area contributed by atoms with Crippen molar-refractivity contribution in [2.75, 3.05) is 18.0 Å². The minimum Gasteiger partial charge on any atom is -0.372 e. The predicted molar refractivity (Wildman–Crippen MR) is 115 cm³/mol. The van der Waals surface area contributed by atoms with Crippen molar-refractivity contribution >= 4 is 29.3 Å². The maximum Gasteiger partial charge on any atom is 0.270 e. The molecule has 30 heavy (non-hydrogen) atoms. The summed E-state index contributed by atoms with van der Waals surface area (Å²) in [6.07, 6.45) is 7.96. The molecule has 156 valence electrons. The number of hydrogen-bond acceptors (Lipinski definition) is 5. The van der Waals surface area contributed by atoms with Gasteiger partial charge in [-0.15, -0.1) is 0 Å². The van der Waals surface area contributed by atoms with Gasteiger partial charge in [-0.3, -0.25) is 30.6 Å². The van der Waals surface area contributed by atoms with Crippen molar-refractivity contribution in [1.82, 2.24) is 10.9 Å². The second-order valence-electron chi connectivity index (χ2n) is 7.08. The van der Waals surface area contributed by atoms with Gasteiger partial charge in [-0.1, -0.05) is 31.0 Å². The first-order valence-corrected chi connectivity index (χ1v) is 9.91. The average molecular weight is 408 g/mol. The largest absolute Gasteiger partial charge is 0.372 e. The van der Waals surface area contributed by atoms with Crippen LogP contribution in [0.3, 0.4) is 0 Å². The second-order valence-corrected chi connectivity index (χ2v) is 7.08. The van der Waals surface area contributed by atoms with Crippen LogP contribution in [0.1, 0.15) is 41.6 Å². The van der Waals surface area contributed by atoms with Crippen LogP contribution in [0.5, 0.6) is 0 Å². The van der Waals surface area contributed by atoms with E-state index >= 15 is 0 Å². The predicted octanol–water partition coefficient (Wildman–Crippen LogP) is 3.45. The smallest absolute Gasteiger partial charge is 0.270 e. The van der Waals surface area contributed by atoms with Crippen LogP contribution in [0.15, 0.2) is 54.6 Å². The highest BCUT2D eigenvalue weighted by Crippen LogP contribution is 2.20. The van der Waals surface area contributed by atoms with Gasteiger partial charge in [0.2, 0.25) is 0 Å². The lowest BCUT2D eigenvalue weighted by molar-refractivity contribution is -0.384. The van der Waals surface area contributed by atoms with Gasteiger partial charge in [-0.25, -0.2) is 0 Å². The van der Waals surface area contributed by atoms with Gasteiger partial charge in [-0.05, 0) is 42.7 Å². The number of carbonyl (C=O) groups is 2. The Morgan fingerprint density at radius 2 is 1.67 bits per heavy atom. The van der Waals surface area contributed by atoms with Gasteiger partial charge in [-0.2, -0.15) is 0 Å². The first-order chi connectivity index (χ1) is 14.5. The molecule has 2 aromatic rings. The Labute approximate surface area is 174 Å². The molecule has 2 N–H and O–H groups in total. The molecule has 1 aliphatic rings. The van der Waals surface area contributed by atoms with E-state index in [1.54, 1.807) is 6.08 Å². The van der Waals surface area contributed by atoms with Gasteiger partial charge in [0.05, 0.1) is 4.92 Å². The van der Waals surface area contributed by atoms with E-state index < -0.39 is 16.7 Å². The third kappa shape index (κ3) is 5.91. The van der Waals surface area contributed by atoms with Crippen molar-refractivity contribution in [3.8, 4) is 0 Å². The monoisotopic (exact) mass is 408 g/mol. The molecule has 0 atom stereocenters. The van der Waals surface area contributed by atoms with Gasteiger partial charge in [0, 0.05) is 42.5 Å². The number of non-ortho nitro benzene ring substituents is 1. The molecule has 0 unspecified atom stereocenters. The fourth-order valence-electron chi connectivity index (χ4n) is 3.29. The zero-order chi connectivity index (χ0) is 21.3. The third-order valence-electron chi connectivity index (χ3n) is 4.91. The lowest BCUT2D eigenvalue weighted by Crippen LogP contribution is -2.40. The molecule has 1 aliphatic heterocycles. The Kier molecular flexibility index (Phi) is 7.15. The average Bonchev–Trinajstić information content (AvgIpc) is 3.06. The molecule has 3 rings (SSSR count). The van der Waals surface area contributed by atoms with Crippen LogP contribution in [0.25, 0.3) is 6.08 Å². The molecule has 0 saturated carbocycles. The SMILES string of the molecule is O=C(/C=C/c1ccc(N2CCCCCC2)cc1)NNC(=O)c1cccc([N+](=O)[O-])c1. The third-order valence-corrected chi connectivity index (χ3v) is 4.91. The van der Waals surface area contributed by atoms with Crippen molar-refractivity contribution < 1.29 is 14.5 Å². The van der Waals surface area contributed by atoms with Crippen molar-refractivity contribution in [1.29, 1.82) is 0 Å². The molecule has 2 aromatic carbocycles. The van der Waals surface area contributed by atoms with Crippen LogP contribution in [0, 0.1) is 10.1 Å². The Bertz CT molecular complexity index is 932. The quantitative estimate of drug-likeness (QED) is 0.448. The molecule has 8 nitrogen and oxygen atoms in total. The summed E-state index contributed by atoms with van der Waals surface area (Å²) >= 11 is 0. The number of rotatable bonds is 5. The molecule has 0 bridgehead atoms. The van der Waals surface area contributed by atoms with Gasteiger partial charge < -0.3 is 4.90 Å². The van der Waals surface area contributed by atoms with Crippen molar-refractivity contribution in [3.05, 3.63) is 75.8 Å². The normalized spacial score (nSPS) is 14.2. The number of hydrogen-bond donors (Lipinski definition) is 2. The maximum atomic E-state index is 12.0. The molecule has 1 saturated heterocycles. The molecule has 0 radical (unpaired) electrons. The number of nitro groups is 1. The number of nitrogens with one attached hydrogen (secondary N) is 2. The lowest BCUT2D eigenvalue weighted by atomic mass is 10.1. The zero-order valence-corrected chi connectivity index (χ0v) is 16.5. The van der Waals surface area contributed by atoms with Gasteiger partial charge in [0.25, 0.3) is 17.5 Å². The van der Waals surface area contributed by atoms with Crippen molar-refractivity contribution in [3.63, 3.8) is 0 Å². The molecule has 8 heteroatoms. The summed E-state index contributed by atoms with van der Waals surface area (Å²) < 4.78 is 0. The highest BCUT2D eigenvalue weighted by molar-refractivity contribution is 5.98. The maximum absolute atomic E-state index is 12.0. The molecule has 0 aliphatic carbocycles. The van der Waals surface area contributed by atoms with Gasteiger partial charge in [0.1, 0.15) is 0 Å². The van der Waals surface area contributed by atoms with E-state index in [1.165, 1.54) is 55.6 Å². The lowest BCUT2D eigenvalue weighted by Gasteiger charge is -2.22. The summed E-state index contributed by atoms with van der Waals surface area (Å²) in [5.74, 6) is -1.15. The van der Waals surface area contributed by atoms with E-state index in [-0.39, 0.29) is 11.3 Å². The van der Waals surface area contributed by atoms with Crippen molar-refractivity contribution in [2.45, 2.75) is 25.7 Å². The van der Waals surface area contributed by atoms with Crippen LogP contribution in [0.4, 0.5) is 11.4 Å². The van der Waals surface area contributed by atoms with Gasteiger partial charge >= 0.3 is 0 Å². The topological polar surface area (TPSA) is 105 Å².